The van der Waals surface area contributed by atoms with Crippen LogP contribution in [0, 0.1) is 17.3 Å². The highest BCUT2D eigenvalue weighted by atomic mass is 16.5. The van der Waals surface area contributed by atoms with Gasteiger partial charge in [-0.2, -0.15) is 0 Å². The van der Waals surface area contributed by atoms with E-state index in [1.807, 2.05) is 0 Å². The van der Waals surface area contributed by atoms with Crippen molar-refractivity contribution in [2.24, 2.45) is 23.0 Å². The van der Waals surface area contributed by atoms with Gasteiger partial charge in [0, 0.05) is 12.0 Å². The first-order valence-corrected chi connectivity index (χ1v) is 6.43. The number of hydrogen-bond acceptors (Lipinski definition) is 4. The number of aliphatic hydroxyl groups excluding tert-OH is 1. The van der Waals surface area contributed by atoms with Crippen LogP contribution < -0.4 is 5.73 Å². The van der Waals surface area contributed by atoms with E-state index in [9.17, 15) is 9.90 Å². The third-order valence-corrected chi connectivity index (χ3v) is 4.38. The summed E-state index contributed by atoms with van der Waals surface area (Å²) >= 11 is 0. The molecule has 1 aliphatic carbocycles. The molecule has 0 radical (unpaired) electrons. The number of nitrogens with two attached hydrogens (primary N) is 1. The van der Waals surface area contributed by atoms with Gasteiger partial charge < -0.3 is 15.6 Å². The number of aliphatic hydroxyl groups is 1. The molecule has 0 aromatic rings. The second-order valence-electron chi connectivity index (χ2n) is 5.57. The van der Waals surface area contributed by atoms with Crippen LogP contribution >= 0.6 is 0 Å². The van der Waals surface area contributed by atoms with Gasteiger partial charge in [-0.3, -0.25) is 0 Å². The Hall–Kier alpha value is -0.610. The van der Waals surface area contributed by atoms with Crippen LogP contribution in [0.2, 0.25) is 0 Å². The van der Waals surface area contributed by atoms with Crippen LogP contribution in [-0.2, 0) is 9.53 Å². The lowest BCUT2D eigenvalue weighted by atomic mass is 9.65. The summed E-state index contributed by atoms with van der Waals surface area (Å²) in [5.41, 5.74) is 5.31. The number of methoxy groups -OCH3 is 1. The van der Waals surface area contributed by atoms with Crippen molar-refractivity contribution in [3.05, 3.63) is 0 Å². The number of ether oxygens (including phenoxy) is 1. The van der Waals surface area contributed by atoms with E-state index in [0.717, 1.165) is 25.7 Å². The predicted molar refractivity (Wildman–Crippen MR) is 66.3 cm³/mol. The van der Waals surface area contributed by atoms with Crippen molar-refractivity contribution in [1.82, 2.24) is 0 Å². The van der Waals surface area contributed by atoms with Crippen LogP contribution in [0.5, 0.6) is 0 Å². The fourth-order valence-electron chi connectivity index (χ4n) is 2.83. The van der Waals surface area contributed by atoms with Crippen molar-refractivity contribution in [3.8, 4) is 0 Å². The minimum Gasteiger partial charge on any atom is -0.467 e. The third kappa shape index (κ3) is 2.99. The van der Waals surface area contributed by atoms with Gasteiger partial charge >= 0.3 is 5.97 Å². The lowest BCUT2D eigenvalue weighted by molar-refractivity contribution is -0.160. The zero-order valence-corrected chi connectivity index (χ0v) is 11.1. The molecule has 0 spiro atoms. The first-order valence-electron chi connectivity index (χ1n) is 6.43. The Morgan fingerprint density at radius 3 is 2.35 bits per heavy atom. The van der Waals surface area contributed by atoms with E-state index in [1.54, 1.807) is 0 Å². The van der Waals surface area contributed by atoms with Gasteiger partial charge in [0.15, 0.2) is 6.10 Å². The maximum Gasteiger partial charge on any atom is 0.335 e. The average molecular weight is 243 g/mol. The number of hydrogen-bond donors (Lipinski definition) is 2. The minimum atomic E-state index is -1.08. The number of esters is 1. The monoisotopic (exact) mass is 243 g/mol. The van der Waals surface area contributed by atoms with Gasteiger partial charge in [-0.05, 0) is 37.5 Å². The normalized spacial score (nSPS) is 31.3. The molecule has 4 heteroatoms. The van der Waals surface area contributed by atoms with Gasteiger partial charge in [-0.1, -0.05) is 13.8 Å². The predicted octanol–water partition coefficient (Wildman–Crippen LogP) is 1.31. The molecule has 1 aliphatic rings. The lowest BCUT2D eigenvalue weighted by Gasteiger charge is -2.42. The standard InChI is InChI=1S/C13H25NO3/c1-9(2)10-4-6-13(8-14,7-5-10)11(15)12(16)17-3/h9-11,15H,4-8,14H2,1-3H3. The van der Waals surface area contributed by atoms with Crippen LogP contribution in [0.1, 0.15) is 39.5 Å². The molecule has 0 aliphatic heterocycles. The highest BCUT2D eigenvalue weighted by molar-refractivity contribution is 5.75. The Bertz CT molecular complexity index is 257. The molecule has 1 saturated carbocycles. The summed E-state index contributed by atoms with van der Waals surface area (Å²) in [7, 11) is 1.30. The Kier molecular flexibility index (Phi) is 4.95. The summed E-state index contributed by atoms with van der Waals surface area (Å²) in [5, 5.41) is 10.1. The molecule has 0 amide bonds. The highest BCUT2D eigenvalue weighted by Gasteiger charge is 2.44. The van der Waals surface area contributed by atoms with E-state index >= 15 is 0 Å². The summed E-state index contributed by atoms with van der Waals surface area (Å²) in [6.45, 7) is 4.78. The number of carbonyl (C=O) groups excluding carboxylic acids is 1. The van der Waals surface area contributed by atoms with Crippen molar-refractivity contribution >= 4 is 5.97 Å². The maximum absolute atomic E-state index is 11.5. The van der Waals surface area contributed by atoms with E-state index in [1.165, 1.54) is 7.11 Å². The molecule has 100 valence electrons. The Morgan fingerprint density at radius 2 is 2.00 bits per heavy atom. The molecule has 0 bridgehead atoms. The Balaban J connectivity index is 2.70. The minimum absolute atomic E-state index is 0.341. The fourth-order valence-corrected chi connectivity index (χ4v) is 2.83. The van der Waals surface area contributed by atoms with Gasteiger partial charge in [0.25, 0.3) is 0 Å². The van der Waals surface area contributed by atoms with Crippen molar-refractivity contribution in [2.75, 3.05) is 13.7 Å². The van der Waals surface area contributed by atoms with Crippen LogP contribution in [0.25, 0.3) is 0 Å². The van der Waals surface area contributed by atoms with Crippen LogP contribution in [0.3, 0.4) is 0 Å². The first kappa shape index (κ1) is 14.5. The first-order chi connectivity index (χ1) is 7.96. The molecule has 1 atom stereocenters. The zero-order chi connectivity index (χ0) is 13.1. The second kappa shape index (κ2) is 5.83. The average Bonchev–Trinajstić information content (AvgIpc) is 2.36. The van der Waals surface area contributed by atoms with Gasteiger partial charge in [0.05, 0.1) is 7.11 Å². The Morgan fingerprint density at radius 1 is 1.47 bits per heavy atom. The van der Waals surface area contributed by atoms with Gasteiger partial charge in [0.1, 0.15) is 0 Å². The molecule has 1 rings (SSSR count). The van der Waals surface area contributed by atoms with E-state index in [4.69, 9.17) is 5.73 Å². The van der Waals surface area contributed by atoms with Crippen molar-refractivity contribution in [2.45, 2.75) is 45.6 Å². The lowest BCUT2D eigenvalue weighted by Crippen LogP contribution is -2.49. The molecule has 0 heterocycles. The van der Waals surface area contributed by atoms with E-state index in [-0.39, 0.29) is 0 Å². The summed E-state index contributed by atoms with van der Waals surface area (Å²) in [4.78, 5) is 11.5. The molecule has 0 aromatic heterocycles. The molecule has 4 nitrogen and oxygen atoms in total. The maximum atomic E-state index is 11.5. The molecular formula is C13H25NO3. The van der Waals surface area contributed by atoms with Gasteiger partial charge in [-0.25, -0.2) is 4.79 Å². The van der Waals surface area contributed by atoms with Crippen LogP contribution in [0.4, 0.5) is 0 Å². The van der Waals surface area contributed by atoms with E-state index < -0.39 is 17.5 Å². The number of rotatable bonds is 4. The van der Waals surface area contributed by atoms with Gasteiger partial charge in [-0.15, -0.1) is 0 Å². The molecular weight excluding hydrogens is 218 g/mol. The molecule has 0 saturated heterocycles. The largest absolute Gasteiger partial charge is 0.467 e. The summed E-state index contributed by atoms with van der Waals surface area (Å²) < 4.78 is 4.62. The van der Waals surface area contributed by atoms with E-state index in [0.29, 0.717) is 18.4 Å². The highest BCUT2D eigenvalue weighted by Crippen LogP contribution is 2.43. The SMILES string of the molecule is COC(=O)C(O)C1(CN)CCC(C(C)C)CC1. The van der Waals surface area contributed by atoms with Crippen LogP contribution in [0.15, 0.2) is 0 Å². The third-order valence-electron chi connectivity index (χ3n) is 4.38. The molecule has 3 N–H and O–H groups in total. The van der Waals surface area contributed by atoms with Crippen molar-refractivity contribution < 1.29 is 14.6 Å². The smallest absolute Gasteiger partial charge is 0.335 e. The van der Waals surface area contributed by atoms with Crippen molar-refractivity contribution in [1.29, 1.82) is 0 Å². The molecule has 1 fully saturated rings. The molecule has 1 unspecified atom stereocenters. The summed E-state index contributed by atoms with van der Waals surface area (Å²) in [6.07, 6.45) is 2.60. The molecule has 17 heavy (non-hydrogen) atoms. The number of carbonyl (C=O) groups is 1. The Labute approximate surface area is 104 Å². The second-order valence-corrected chi connectivity index (χ2v) is 5.57. The van der Waals surface area contributed by atoms with Crippen LogP contribution in [-0.4, -0.2) is 30.8 Å². The zero-order valence-electron chi connectivity index (χ0n) is 11.1. The molecule has 0 aromatic carbocycles. The van der Waals surface area contributed by atoms with E-state index in [2.05, 4.69) is 18.6 Å². The quantitative estimate of drug-likeness (QED) is 0.730. The fraction of sp³-hybridized carbons (Fsp3) is 0.923. The summed E-state index contributed by atoms with van der Waals surface area (Å²) in [5.74, 6) is 0.777. The summed E-state index contributed by atoms with van der Waals surface area (Å²) in [6, 6.07) is 0. The van der Waals surface area contributed by atoms with Crippen molar-refractivity contribution in [3.63, 3.8) is 0 Å². The van der Waals surface area contributed by atoms with Gasteiger partial charge in [0.2, 0.25) is 0 Å². The topological polar surface area (TPSA) is 72.5 Å².